The first kappa shape index (κ1) is 14.5. The highest BCUT2D eigenvalue weighted by Gasteiger charge is 2.65. The van der Waals surface area contributed by atoms with Gasteiger partial charge in [0, 0.05) is 10.9 Å². The topological polar surface area (TPSA) is 12.9 Å². The first-order valence-corrected chi connectivity index (χ1v) is 8.21. The Hall–Kier alpha value is -0.860. The van der Waals surface area contributed by atoms with Crippen molar-refractivity contribution in [1.29, 1.82) is 0 Å². The summed E-state index contributed by atoms with van der Waals surface area (Å²) in [5, 5.41) is 2.09. The Morgan fingerprint density at radius 3 is 2.05 bits per heavy atom. The Bertz CT molecular complexity index is 605. The molecule has 2 aromatic rings. The zero-order chi connectivity index (χ0) is 14.4. The van der Waals surface area contributed by atoms with Gasteiger partial charge in [0.05, 0.1) is 11.6 Å². The second-order valence-corrected chi connectivity index (χ2v) is 7.31. The molecule has 106 valence electrons. The van der Waals surface area contributed by atoms with Gasteiger partial charge in [-0.2, -0.15) is 0 Å². The second-order valence-electron chi connectivity index (χ2n) is 3.77. The maximum atomic E-state index is 12.5. The molecule has 0 amide bonds. The molecule has 1 aromatic carbocycles. The molecule has 1 nitrogen and oxygen atoms in total. The molecule has 0 fully saturated rings. The quantitative estimate of drug-likeness (QED) is 0.480. The lowest BCUT2D eigenvalue weighted by molar-refractivity contribution is 0.364. The first-order valence-electron chi connectivity index (χ1n) is 4.84. The molecule has 2 rings (SSSR count). The van der Waals surface area contributed by atoms with Gasteiger partial charge in [-0.25, -0.2) is 4.98 Å². The molecule has 1 heterocycles. The van der Waals surface area contributed by atoms with Crippen molar-refractivity contribution in [3.63, 3.8) is 0 Å². The SMILES string of the molecule is FS(F)(F)(F)(F)c1ccc(-c2nc(CCl)cs2)cc1. The lowest BCUT2D eigenvalue weighted by Crippen LogP contribution is -2.05. The average Bonchev–Trinajstić information content (AvgIpc) is 2.75. The van der Waals surface area contributed by atoms with Crippen LogP contribution in [0, 0.1) is 0 Å². The predicted octanol–water partition coefficient (Wildman–Crippen LogP) is 6.21. The number of nitrogens with zero attached hydrogens (tertiary/aromatic N) is 1. The van der Waals surface area contributed by atoms with Gasteiger partial charge < -0.3 is 0 Å². The highest BCUT2D eigenvalue weighted by Crippen LogP contribution is 3.02. The van der Waals surface area contributed by atoms with Gasteiger partial charge in [0.25, 0.3) is 0 Å². The number of aromatic nitrogens is 1. The minimum Gasteiger partial charge on any atom is -0.240 e. The third kappa shape index (κ3) is 3.37. The molecule has 1 aromatic heterocycles. The van der Waals surface area contributed by atoms with Crippen molar-refractivity contribution in [1.82, 2.24) is 4.98 Å². The van der Waals surface area contributed by atoms with Gasteiger partial charge >= 0.3 is 10.2 Å². The first-order chi connectivity index (χ1) is 8.49. The summed E-state index contributed by atoms with van der Waals surface area (Å²) in [5.41, 5.74) is 0.922. The van der Waals surface area contributed by atoms with Crippen molar-refractivity contribution in [3.05, 3.63) is 35.3 Å². The molecule has 0 aliphatic carbocycles. The number of thiazole rings is 1. The van der Waals surface area contributed by atoms with Crippen LogP contribution in [-0.2, 0) is 5.88 Å². The van der Waals surface area contributed by atoms with Gasteiger partial charge in [-0.1, -0.05) is 31.6 Å². The van der Waals surface area contributed by atoms with E-state index in [0.717, 1.165) is 12.1 Å². The van der Waals surface area contributed by atoms with E-state index in [4.69, 9.17) is 11.6 Å². The molecule has 0 aliphatic rings. The molecule has 9 heteroatoms. The van der Waals surface area contributed by atoms with E-state index in [1.807, 2.05) is 0 Å². The molecular formula is C10H7ClF5NS2. The summed E-state index contributed by atoms with van der Waals surface area (Å²) in [6.45, 7) is 0. The van der Waals surface area contributed by atoms with Crippen molar-refractivity contribution in [2.24, 2.45) is 0 Å². The molecule has 0 bridgehead atoms. The van der Waals surface area contributed by atoms with Crippen molar-refractivity contribution in [2.45, 2.75) is 10.8 Å². The molecule has 0 spiro atoms. The number of halogens is 6. The molecule has 0 saturated carbocycles. The van der Waals surface area contributed by atoms with Crippen LogP contribution in [0.25, 0.3) is 10.6 Å². The fourth-order valence-corrected chi connectivity index (χ4v) is 3.06. The average molecular weight is 336 g/mol. The van der Waals surface area contributed by atoms with E-state index in [2.05, 4.69) is 4.98 Å². The van der Waals surface area contributed by atoms with Crippen LogP contribution in [0.2, 0.25) is 0 Å². The molecule has 19 heavy (non-hydrogen) atoms. The molecule has 0 aliphatic heterocycles. The fraction of sp³-hybridized carbons (Fsp3) is 0.100. The van der Waals surface area contributed by atoms with Gasteiger partial charge in [0.15, 0.2) is 0 Å². The molecule has 0 N–H and O–H groups in total. The van der Waals surface area contributed by atoms with E-state index in [1.54, 1.807) is 5.38 Å². The monoisotopic (exact) mass is 335 g/mol. The van der Waals surface area contributed by atoms with Crippen LogP contribution in [0.4, 0.5) is 19.4 Å². The van der Waals surface area contributed by atoms with Gasteiger partial charge in [-0.3, -0.25) is 0 Å². The Labute approximate surface area is 114 Å². The van der Waals surface area contributed by atoms with Gasteiger partial charge in [0.2, 0.25) is 0 Å². The van der Waals surface area contributed by atoms with E-state index in [0.29, 0.717) is 28.4 Å². The van der Waals surface area contributed by atoms with E-state index in [-0.39, 0.29) is 5.88 Å². The standard InChI is InChI=1S/C10H7ClF5NS2/c11-5-8-6-18-10(17-8)7-1-3-9(4-2-7)19(12,13,14,15)16/h1-4,6H,5H2. The van der Waals surface area contributed by atoms with E-state index in [9.17, 15) is 19.4 Å². The van der Waals surface area contributed by atoms with Crippen molar-refractivity contribution in [2.75, 3.05) is 0 Å². The third-order valence-electron chi connectivity index (χ3n) is 2.24. The highest BCUT2D eigenvalue weighted by atomic mass is 35.5. The van der Waals surface area contributed by atoms with E-state index >= 15 is 0 Å². The van der Waals surface area contributed by atoms with Crippen molar-refractivity contribution < 1.29 is 19.4 Å². The van der Waals surface area contributed by atoms with Crippen LogP contribution in [-0.4, -0.2) is 4.98 Å². The lowest BCUT2D eigenvalue weighted by Gasteiger charge is -2.40. The van der Waals surface area contributed by atoms with Crippen molar-refractivity contribution in [3.8, 4) is 10.6 Å². The van der Waals surface area contributed by atoms with Crippen LogP contribution >= 0.6 is 33.2 Å². The van der Waals surface area contributed by atoms with E-state index < -0.39 is 15.1 Å². The summed E-state index contributed by atoms with van der Waals surface area (Å²) < 4.78 is 62.5. The molecular weight excluding hydrogens is 329 g/mol. The summed E-state index contributed by atoms with van der Waals surface area (Å²) in [5.74, 6) is 0.181. The Morgan fingerprint density at radius 1 is 1.05 bits per heavy atom. The Balaban J connectivity index is 2.40. The number of benzene rings is 1. The maximum absolute atomic E-state index is 12.5. The van der Waals surface area contributed by atoms with Crippen molar-refractivity contribution >= 4 is 33.2 Å². The van der Waals surface area contributed by atoms with Gasteiger partial charge in [-0.05, 0) is 12.1 Å². The number of hydrogen-bond donors (Lipinski definition) is 0. The van der Waals surface area contributed by atoms with E-state index in [1.165, 1.54) is 11.3 Å². The lowest BCUT2D eigenvalue weighted by atomic mass is 10.2. The third-order valence-corrected chi connectivity index (χ3v) is 4.61. The number of alkyl halides is 1. The van der Waals surface area contributed by atoms with Crippen LogP contribution in [0.3, 0.4) is 0 Å². The van der Waals surface area contributed by atoms with Crippen LogP contribution in [0.5, 0.6) is 0 Å². The summed E-state index contributed by atoms with van der Waals surface area (Å²) in [6, 6.07) is 2.70. The minimum absolute atomic E-state index is 0.181. The van der Waals surface area contributed by atoms with Crippen LogP contribution in [0.1, 0.15) is 5.69 Å². The molecule has 0 saturated heterocycles. The summed E-state index contributed by atoms with van der Waals surface area (Å²) in [4.78, 5) is 2.15. The summed E-state index contributed by atoms with van der Waals surface area (Å²) >= 11 is 6.73. The second kappa shape index (κ2) is 3.83. The molecule has 0 atom stereocenters. The summed E-state index contributed by atoms with van der Waals surface area (Å²) in [6.07, 6.45) is 0. The number of hydrogen-bond acceptors (Lipinski definition) is 2. The fourth-order valence-electron chi connectivity index (χ4n) is 1.36. The van der Waals surface area contributed by atoms with Gasteiger partial charge in [0.1, 0.15) is 9.90 Å². The normalized spacial score (nSPS) is 15.9. The predicted molar refractivity (Wildman–Crippen MR) is 68.5 cm³/mol. The van der Waals surface area contributed by atoms with Gasteiger partial charge in [-0.15, -0.1) is 22.9 Å². The zero-order valence-corrected chi connectivity index (χ0v) is 11.5. The van der Waals surface area contributed by atoms with Crippen LogP contribution in [0.15, 0.2) is 34.5 Å². The van der Waals surface area contributed by atoms with Crippen LogP contribution < -0.4 is 0 Å². The molecule has 0 unspecified atom stereocenters. The number of rotatable bonds is 3. The highest BCUT2D eigenvalue weighted by molar-refractivity contribution is 8.45. The molecule has 0 radical (unpaired) electrons. The minimum atomic E-state index is -9.60. The Morgan fingerprint density at radius 2 is 1.63 bits per heavy atom. The zero-order valence-electron chi connectivity index (χ0n) is 9.13. The summed E-state index contributed by atoms with van der Waals surface area (Å²) in [7, 11) is -9.60. The Kier molecular flexibility index (Phi) is 2.93. The smallest absolute Gasteiger partial charge is 0.240 e. The largest absolute Gasteiger partial charge is 0.310 e. The maximum Gasteiger partial charge on any atom is 0.310 e.